The summed E-state index contributed by atoms with van der Waals surface area (Å²) in [5, 5.41) is 14.0. The molecule has 0 aliphatic carbocycles. The summed E-state index contributed by atoms with van der Waals surface area (Å²) < 4.78 is 11.5. The summed E-state index contributed by atoms with van der Waals surface area (Å²) >= 11 is 0. The van der Waals surface area contributed by atoms with Gasteiger partial charge < -0.3 is 19.3 Å². The number of aryl methyl sites for hydroxylation is 2. The third kappa shape index (κ3) is 3.08. The molecule has 0 saturated carbocycles. The van der Waals surface area contributed by atoms with Crippen LogP contribution in [0.3, 0.4) is 0 Å². The third-order valence-corrected chi connectivity index (χ3v) is 5.14. The van der Waals surface area contributed by atoms with Crippen molar-refractivity contribution in [2.24, 2.45) is 0 Å². The van der Waals surface area contributed by atoms with E-state index >= 15 is 0 Å². The summed E-state index contributed by atoms with van der Waals surface area (Å²) in [5.74, 6) is 0.120. The van der Waals surface area contributed by atoms with Gasteiger partial charge in [-0.15, -0.1) is 0 Å². The molecule has 5 rings (SSSR count). The topological polar surface area (TPSA) is 88.5 Å². The second kappa shape index (κ2) is 6.77. The van der Waals surface area contributed by atoms with E-state index in [-0.39, 0.29) is 23.3 Å². The molecule has 3 aromatic carbocycles. The van der Waals surface area contributed by atoms with Crippen molar-refractivity contribution in [3.8, 4) is 17.2 Å². The van der Waals surface area contributed by atoms with Gasteiger partial charge >= 0.3 is 0 Å². The van der Waals surface area contributed by atoms with Gasteiger partial charge in [-0.2, -0.15) is 0 Å². The van der Waals surface area contributed by atoms with E-state index < -0.39 is 0 Å². The predicted octanol–water partition coefficient (Wildman–Crippen LogP) is 5.82. The van der Waals surface area contributed by atoms with Gasteiger partial charge in [-0.3, -0.25) is 4.79 Å². The highest BCUT2D eigenvalue weighted by atomic mass is 16.4. The maximum atomic E-state index is 12.6. The average Bonchev–Trinajstić information content (AvgIpc) is 3.33. The van der Waals surface area contributed by atoms with Crippen molar-refractivity contribution >= 4 is 33.7 Å². The number of phenolic OH excluding ortho intramolecular Hbond substituents is 1. The number of oxazole rings is 1. The summed E-state index contributed by atoms with van der Waals surface area (Å²) in [7, 11) is 0. The van der Waals surface area contributed by atoms with Gasteiger partial charge in [0.15, 0.2) is 11.3 Å². The Morgan fingerprint density at radius 2 is 1.73 bits per heavy atom. The molecule has 1 amide bonds. The van der Waals surface area contributed by atoms with E-state index in [0.717, 1.165) is 16.5 Å². The molecule has 0 spiro atoms. The molecule has 148 valence electrons. The van der Waals surface area contributed by atoms with Crippen LogP contribution in [0.15, 0.2) is 69.5 Å². The van der Waals surface area contributed by atoms with Gasteiger partial charge in [0.1, 0.15) is 16.8 Å². The minimum atomic E-state index is -0.383. The molecule has 30 heavy (non-hydrogen) atoms. The summed E-state index contributed by atoms with van der Waals surface area (Å²) in [6.07, 6.45) is 0. The van der Waals surface area contributed by atoms with E-state index in [9.17, 15) is 9.90 Å². The van der Waals surface area contributed by atoms with Crippen LogP contribution in [0.1, 0.15) is 21.7 Å². The van der Waals surface area contributed by atoms with E-state index in [1.165, 1.54) is 6.07 Å². The molecule has 6 heteroatoms. The quantitative estimate of drug-likeness (QED) is 0.374. The number of fused-ring (bicyclic) bond motifs is 2. The molecule has 0 saturated heterocycles. The van der Waals surface area contributed by atoms with Crippen LogP contribution >= 0.6 is 0 Å². The Hall–Kier alpha value is -4.06. The van der Waals surface area contributed by atoms with Crippen LogP contribution in [0.5, 0.6) is 5.75 Å². The molecule has 2 heterocycles. The van der Waals surface area contributed by atoms with Crippen LogP contribution in [0.2, 0.25) is 0 Å². The number of carbonyl (C=O) groups excluding carboxylic acids is 1. The van der Waals surface area contributed by atoms with Crippen molar-refractivity contribution in [2.45, 2.75) is 13.8 Å². The predicted molar refractivity (Wildman–Crippen MR) is 115 cm³/mol. The van der Waals surface area contributed by atoms with Crippen molar-refractivity contribution in [1.29, 1.82) is 0 Å². The van der Waals surface area contributed by atoms with Gasteiger partial charge in [-0.1, -0.05) is 18.2 Å². The van der Waals surface area contributed by atoms with Crippen molar-refractivity contribution in [3.05, 3.63) is 77.6 Å². The summed E-state index contributed by atoms with van der Waals surface area (Å²) in [4.78, 5) is 17.1. The normalized spacial score (nSPS) is 11.3. The highest BCUT2D eigenvalue weighted by Gasteiger charge is 2.17. The van der Waals surface area contributed by atoms with E-state index in [0.29, 0.717) is 27.9 Å². The first kappa shape index (κ1) is 18.0. The fourth-order valence-electron chi connectivity index (χ4n) is 3.37. The molecule has 0 unspecified atom stereocenters. The Morgan fingerprint density at radius 1 is 0.933 bits per heavy atom. The van der Waals surface area contributed by atoms with Gasteiger partial charge in [-0.25, -0.2) is 4.98 Å². The van der Waals surface area contributed by atoms with Gasteiger partial charge in [0.05, 0.1) is 5.56 Å². The lowest BCUT2D eigenvalue weighted by Crippen LogP contribution is -2.10. The number of carbonyl (C=O) groups is 1. The van der Waals surface area contributed by atoms with Crippen LogP contribution in [-0.2, 0) is 0 Å². The Kier molecular flexibility index (Phi) is 4.06. The second-order valence-electron chi connectivity index (χ2n) is 7.26. The highest BCUT2D eigenvalue weighted by molar-refractivity contribution is 6.05. The Morgan fingerprint density at radius 3 is 2.57 bits per heavy atom. The van der Waals surface area contributed by atoms with Crippen LogP contribution in [0.4, 0.5) is 5.69 Å². The van der Waals surface area contributed by atoms with Gasteiger partial charge in [0.2, 0.25) is 5.89 Å². The summed E-state index contributed by atoms with van der Waals surface area (Å²) in [5.41, 5.74) is 5.09. The number of aromatic nitrogens is 1. The number of benzene rings is 3. The fourth-order valence-corrected chi connectivity index (χ4v) is 3.37. The van der Waals surface area contributed by atoms with Crippen LogP contribution in [0.25, 0.3) is 33.5 Å². The molecule has 2 aromatic heterocycles. The van der Waals surface area contributed by atoms with Gasteiger partial charge in [0, 0.05) is 11.1 Å². The first-order valence-corrected chi connectivity index (χ1v) is 9.49. The smallest absolute Gasteiger partial charge is 0.291 e. The molecular formula is C24H18N2O4. The van der Waals surface area contributed by atoms with Crippen molar-refractivity contribution in [3.63, 3.8) is 0 Å². The molecule has 2 N–H and O–H groups in total. The number of rotatable bonds is 3. The van der Waals surface area contributed by atoms with Gasteiger partial charge in [-0.05, 0) is 67.4 Å². The number of nitrogens with one attached hydrogen (secondary N) is 1. The van der Waals surface area contributed by atoms with E-state index in [4.69, 9.17) is 8.83 Å². The first-order chi connectivity index (χ1) is 14.5. The zero-order chi connectivity index (χ0) is 20.8. The summed E-state index contributed by atoms with van der Waals surface area (Å²) in [6, 6.07) is 17.7. The molecule has 0 aliphatic heterocycles. The van der Waals surface area contributed by atoms with Crippen LogP contribution < -0.4 is 5.32 Å². The minimum Gasteiger partial charge on any atom is -0.507 e. The SMILES string of the molecule is Cc1cc2nc(-c3cc(NC(=O)c4cc5ccccc5o4)ccc3O)oc2cc1C. The molecule has 0 bridgehead atoms. The number of anilines is 1. The second-order valence-corrected chi connectivity index (χ2v) is 7.26. The van der Waals surface area contributed by atoms with Crippen molar-refractivity contribution in [1.82, 2.24) is 4.98 Å². The highest BCUT2D eigenvalue weighted by Crippen LogP contribution is 2.34. The zero-order valence-corrected chi connectivity index (χ0v) is 16.4. The first-order valence-electron chi connectivity index (χ1n) is 9.49. The number of phenols is 1. The number of amides is 1. The maximum Gasteiger partial charge on any atom is 0.291 e. The Bertz CT molecular complexity index is 1360. The van der Waals surface area contributed by atoms with E-state index in [2.05, 4.69) is 10.3 Å². The number of hydrogen-bond donors (Lipinski definition) is 2. The minimum absolute atomic E-state index is 0.0109. The van der Waals surface area contributed by atoms with E-state index in [1.807, 2.05) is 44.2 Å². The monoisotopic (exact) mass is 398 g/mol. The van der Waals surface area contributed by atoms with Crippen LogP contribution in [0, 0.1) is 13.8 Å². The van der Waals surface area contributed by atoms with Crippen molar-refractivity contribution < 1.29 is 18.7 Å². The number of para-hydroxylation sites is 1. The molecule has 0 atom stereocenters. The molecular weight excluding hydrogens is 380 g/mol. The molecule has 0 radical (unpaired) electrons. The lowest BCUT2D eigenvalue weighted by molar-refractivity contribution is 0.0998. The Balaban J connectivity index is 1.48. The molecule has 5 aromatic rings. The number of aromatic hydroxyl groups is 1. The van der Waals surface area contributed by atoms with Gasteiger partial charge in [0.25, 0.3) is 5.91 Å². The fraction of sp³-hybridized carbons (Fsp3) is 0.0833. The van der Waals surface area contributed by atoms with E-state index in [1.54, 1.807) is 24.3 Å². The standard InChI is InChI=1S/C24H18N2O4/c1-13-9-18-21(10-14(13)2)30-24(26-18)17-12-16(7-8-19(17)27)25-23(28)22-11-15-5-3-4-6-20(15)29-22/h3-12,27H,1-2H3,(H,25,28). The average molecular weight is 398 g/mol. The lowest BCUT2D eigenvalue weighted by Gasteiger charge is -2.06. The number of hydrogen-bond acceptors (Lipinski definition) is 5. The molecule has 0 aliphatic rings. The van der Waals surface area contributed by atoms with Crippen LogP contribution in [-0.4, -0.2) is 16.0 Å². The largest absolute Gasteiger partial charge is 0.507 e. The number of furan rings is 1. The summed E-state index contributed by atoms with van der Waals surface area (Å²) in [6.45, 7) is 4.01. The third-order valence-electron chi connectivity index (χ3n) is 5.14. The number of nitrogens with zero attached hydrogens (tertiary/aromatic N) is 1. The lowest BCUT2D eigenvalue weighted by atomic mass is 10.1. The van der Waals surface area contributed by atoms with Crippen molar-refractivity contribution in [2.75, 3.05) is 5.32 Å². The Labute approximate surface area is 171 Å². The molecule has 0 fully saturated rings. The zero-order valence-electron chi connectivity index (χ0n) is 16.4. The molecule has 6 nitrogen and oxygen atoms in total. The maximum absolute atomic E-state index is 12.6.